The third-order valence-electron chi connectivity index (χ3n) is 17.6. The van der Waals surface area contributed by atoms with Crippen molar-refractivity contribution in [3.05, 3.63) is 0 Å². The van der Waals surface area contributed by atoms with Crippen LogP contribution in [-0.4, -0.2) is 96.7 Å². The van der Waals surface area contributed by atoms with Gasteiger partial charge in [0, 0.05) is 25.7 Å². The molecule has 0 fully saturated rings. The minimum absolute atomic E-state index is 0.106. The fourth-order valence-electron chi connectivity index (χ4n) is 11.6. The summed E-state index contributed by atoms with van der Waals surface area (Å²) in [5.41, 5.74) is 0. The molecule has 5 atom stereocenters. The van der Waals surface area contributed by atoms with Crippen LogP contribution in [0, 0.1) is 23.7 Å². The van der Waals surface area contributed by atoms with Gasteiger partial charge in [-0.05, 0) is 49.4 Å². The van der Waals surface area contributed by atoms with Gasteiger partial charge in [0.05, 0.1) is 26.4 Å². The standard InChI is InChI=1S/C76H148O17P2/c1-66(2)52-44-36-28-22-16-13-11-9-10-12-14-18-26-32-42-50-58-75(80)93-72(63-87-74(79)57-49-41-35-34-39-47-55-69(7)8)65-91-95(84,85)89-61-70(77)60-88-94(82,83)90-64-71(62-86-73(78)56-48-40-31-25-21-20-24-30-38-46-54-68(5)6)92-76(81)59-51-43-33-27-19-15-17-23-29-37-45-53-67(3)4/h66-72,77H,9-65H2,1-8H3,(H,82,83)(H,84,85)/t70?,71-,72-/m1/s1. The summed E-state index contributed by atoms with van der Waals surface area (Å²) in [6.45, 7) is 14.1. The van der Waals surface area contributed by atoms with Crippen molar-refractivity contribution in [2.45, 2.75) is 401 Å². The first kappa shape index (κ1) is 93.1. The second-order valence-corrected chi connectivity index (χ2v) is 32.2. The van der Waals surface area contributed by atoms with Crippen LogP contribution in [-0.2, 0) is 65.4 Å². The van der Waals surface area contributed by atoms with E-state index in [1.807, 2.05) is 0 Å². The van der Waals surface area contributed by atoms with Crippen LogP contribution in [0.5, 0.6) is 0 Å². The van der Waals surface area contributed by atoms with E-state index in [1.165, 1.54) is 180 Å². The molecule has 564 valence electrons. The molecule has 0 heterocycles. The minimum Gasteiger partial charge on any atom is -0.462 e. The maximum Gasteiger partial charge on any atom is 0.472 e. The summed E-state index contributed by atoms with van der Waals surface area (Å²) < 4.78 is 68.5. The van der Waals surface area contributed by atoms with Gasteiger partial charge in [0.25, 0.3) is 0 Å². The first-order valence-corrected chi connectivity index (χ1v) is 42.2. The lowest BCUT2D eigenvalue weighted by Crippen LogP contribution is -2.30. The van der Waals surface area contributed by atoms with Gasteiger partial charge >= 0.3 is 39.5 Å². The van der Waals surface area contributed by atoms with E-state index in [-0.39, 0.29) is 25.7 Å². The number of aliphatic hydroxyl groups excluding tert-OH is 1. The van der Waals surface area contributed by atoms with Gasteiger partial charge in [0.1, 0.15) is 19.3 Å². The van der Waals surface area contributed by atoms with Gasteiger partial charge in [0.15, 0.2) is 12.2 Å². The predicted octanol–water partition coefficient (Wildman–Crippen LogP) is 22.0. The number of ether oxygens (including phenoxy) is 4. The number of aliphatic hydroxyl groups is 1. The smallest absolute Gasteiger partial charge is 0.462 e. The highest BCUT2D eigenvalue weighted by Gasteiger charge is 2.30. The van der Waals surface area contributed by atoms with E-state index < -0.39 is 97.5 Å². The molecule has 19 heteroatoms. The molecule has 0 bridgehead atoms. The summed E-state index contributed by atoms with van der Waals surface area (Å²) in [5, 5.41) is 10.6. The van der Waals surface area contributed by atoms with E-state index in [0.29, 0.717) is 31.6 Å². The summed E-state index contributed by atoms with van der Waals surface area (Å²) in [6, 6.07) is 0. The Labute approximate surface area is 581 Å². The highest BCUT2D eigenvalue weighted by atomic mass is 31.2. The number of hydrogen-bond acceptors (Lipinski definition) is 15. The molecule has 3 N–H and O–H groups in total. The van der Waals surface area contributed by atoms with E-state index >= 15 is 0 Å². The van der Waals surface area contributed by atoms with Crippen LogP contribution in [0.1, 0.15) is 383 Å². The second-order valence-electron chi connectivity index (χ2n) is 29.3. The van der Waals surface area contributed by atoms with Crippen LogP contribution in [0.15, 0.2) is 0 Å². The Balaban J connectivity index is 5.21. The third-order valence-corrected chi connectivity index (χ3v) is 19.5. The molecule has 0 rings (SSSR count). The van der Waals surface area contributed by atoms with Crippen molar-refractivity contribution in [3.63, 3.8) is 0 Å². The monoisotopic (exact) mass is 1400 g/mol. The van der Waals surface area contributed by atoms with Crippen molar-refractivity contribution in [2.24, 2.45) is 23.7 Å². The lowest BCUT2D eigenvalue weighted by atomic mass is 10.0. The van der Waals surface area contributed by atoms with Crippen LogP contribution < -0.4 is 0 Å². The van der Waals surface area contributed by atoms with Crippen LogP contribution in [0.3, 0.4) is 0 Å². The topological polar surface area (TPSA) is 237 Å². The number of rotatable bonds is 73. The first-order valence-electron chi connectivity index (χ1n) is 39.2. The number of unbranched alkanes of at least 4 members (excludes halogenated alkanes) is 39. The highest BCUT2D eigenvalue weighted by molar-refractivity contribution is 7.47. The molecule has 0 aromatic heterocycles. The summed E-state index contributed by atoms with van der Waals surface area (Å²) in [6.07, 6.45) is 50.1. The van der Waals surface area contributed by atoms with E-state index in [9.17, 15) is 43.2 Å². The van der Waals surface area contributed by atoms with E-state index in [1.54, 1.807) is 0 Å². The molecular weight excluding hydrogens is 1250 g/mol. The average Bonchev–Trinajstić information content (AvgIpc) is 1.51. The molecule has 0 aromatic carbocycles. The zero-order valence-corrected chi connectivity index (χ0v) is 64.1. The first-order chi connectivity index (χ1) is 45.6. The van der Waals surface area contributed by atoms with Crippen LogP contribution in [0.2, 0.25) is 0 Å². The Bertz CT molecular complexity index is 1870. The maximum atomic E-state index is 13.1. The summed E-state index contributed by atoms with van der Waals surface area (Å²) in [4.78, 5) is 72.8. The molecule has 0 amide bonds. The van der Waals surface area contributed by atoms with Crippen molar-refractivity contribution in [3.8, 4) is 0 Å². The summed E-state index contributed by atoms with van der Waals surface area (Å²) in [7, 11) is -9.91. The fraction of sp³-hybridized carbons (Fsp3) is 0.947. The van der Waals surface area contributed by atoms with Gasteiger partial charge in [-0.15, -0.1) is 0 Å². The molecule has 0 radical (unpaired) electrons. The van der Waals surface area contributed by atoms with E-state index in [2.05, 4.69) is 55.4 Å². The Hall–Kier alpha value is -1.94. The molecule has 0 aromatic rings. The number of esters is 4. The van der Waals surface area contributed by atoms with Crippen molar-refractivity contribution in [2.75, 3.05) is 39.6 Å². The van der Waals surface area contributed by atoms with Crippen LogP contribution in [0.25, 0.3) is 0 Å². The quantitative estimate of drug-likeness (QED) is 0.0222. The summed E-state index contributed by atoms with van der Waals surface area (Å²) >= 11 is 0. The third kappa shape index (κ3) is 70.3. The molecule has 0 spiro atoms. The molecule has 95 heavy (non-hydrogen) atoms. The average molecular weight is 1400 g/mol. The van der Waals surface area contributed by atoms with Gasteiger partial charge in [-0.2, -0.15) is 0 Å². The van der Waals surface area contributed by atoms with Crippen LogP contribution >= 0.6 is 15.6 Å². The number of carbonyl (C=O) groups excluding carboxylic acids is 4. The van der Waals surface area contributed by atoms with Gasteiger partial charge in [-0.1, -0.05) is 331 Å². The Morgan fingerprint density at radius 1 is 0.263 bits per heavy atom. The van der Waals surface area contributed by atoms with E-state index in [4.69, 9.17) is 37.0 Å². The second kappa shape index (κ2) is 65.4. The molecule has 17 nitrogen and oxygen atoms in total. The normalized spacial score (nSPS) is 14.1. The molecule has 3 unspecified atom stereocenters. The number of phosphoric ester groups is 2. The number of carbonyl (C=O) groups is 4. The lowest BCUT2D eigenvalue weighted by Gasteiger charge is -2.21. The lowest BCUT2D eigenvalue weighted by molar-refractivity contribution is -0.161. The predicted molar refractivity (Wildman–Crippen MR) is 386 cm³/mol. The van der Waals surface area contributed by atoms with Gasteiger partial charge in [-0.25, -0.2) is 9.13 Å². The molecule has 0 aliphatic rings. The van der Waals surface area contributed by atoms with Gasteiger partial charge < -0.3 is 33.8 Å². The number of hydrogen-bond donors (Lipinski definition) is 3. The van der Waals surface area contributed by atoms with Crippen molar-refractivity contribution < 1.29 is 80.2 Å². The minimum atomic E-state index is -4.96. The zero-order chi connectivity index (χ0) is 70.3. The SMILES string of the molecule is CC(C)CCCCCCCCCCCCCCCCCCC(=O)O[C@H](COC(=O)CCCCCCCCC(C)C)COP(=O)(O)OCC(O)COP(=O)(O)OC[C@@H](COC(=O)CCCCCCCCCCCCC(C)C)OC(=O)CCCCCCCCCCCCCC(C)C. The van der Waals surface area contributed by atoms with Crippen molar-refractivity contribution >= 4 is 39.5 Å². The molecular formula is C76H148O17P2. The maximum absolute atomic E-state index is 13.1. The highest BCUT2D eigenvalue weighted by Crippen LogP contribution is 2.45. The fourth-order valence-corrected chi connectivity index (χ4v) is 13.1. The molecule has 0 aliphatic carbocycles. The van der Waals surface area contributed by atoms with Crippen LogP contribution in [0.4, 0.5) is 0 Å². The summed E-state index contributed by atoms with van der Waals surface area (Å²) in [5.74, 6) is 0.890. The molecule has 0 saturated heterocycles. The Kier molecular flexibility index (Phi) is 64.0. The largest absolute Gasteiger partial charge is 0.472 e. The number of phosphoric acid groups is 2. The van der Waals surface area contributed by atoms with Crippen molar-refractivity contribution in [1.82, 2.24) is 0 Å². The Morgan fingerprint density at radius 3 is 0.653 bits per heavy atom. The molecule has 0 saturated carbocycles. The molecule has 0 aliphatic heterocycles. The zero-order valence-electron chi connectivity index (χ0n) is 62.3. The van der Waals surface area contributed by atoms with Gasteiger partial charge in [0.2, 0.25) is 0 Å². The van der Waals surface area contributed by atoms with Gasteiger partial charge in [-0.3, -0.25) is 37.3 Å². The van der Waals surface area contributed by atoms with Crippen molar-refractivity contribution in [1.29, 1.82) is 0 Å². The Morgan fingerprint density at radius 2 is 0.442 bits per heavy atom. The van der Waals surface area contributed by atoms with E-state index in [0.717, 1.165) is 114 Å².